The lowest BCUT2D eigenvalue weighted by atomic mass is 10.4. The highest BCUT2D eigenvalue weighted by Crippen LogP contribution is 2.34. The number of nitrogens with zero attached hydrogens (tertiary/aromatic N) is 3. The van der Waals surface area contributed by atoms with Crippen molar-refractivity contribution in [2.24, 2.45) is 0 Å². The molecule has 19 heavy (non-hydrogen) atoms. The number of aromatic nitrogens is 2. The van der Waals surface area contributed by atoms with Crippen LogP contribution in [0.15, 0.2) is 17.6 Å². The van der Waals surface area contributed by atoms with E-state index in [2.05, 4.69) is 15.3 Å². The van der Waals surface area contributed by atoms with Gasteiger partial charge in [-0.05, 0) is 6.07 Å². The average molecular weight is 310 g/mol. The molecule has 0 atom stereocenters. The van der Waals surface area contributed by atoms with Gasteiger partial charge >= 0.3 is 0 Å². The summed E-state index contributed by atoms with van der Waals surface area (Å²) in [7, 11) is 3.91. The van der Waals surface area contributed by atoms with Gasteiger partial charge < -0.3 is 4.90 Å². The molecule has 1 amide bonds. The van der Waals surface area contributed by atoms with Crippen LogP contribution < -0.4 is 10.2 Å². The molecule has 8 heteroatoms. The molecule has 0 aliphatic heterocycles. The van der Waals surface area contributed by atoms with Crippen molar-refractivity contribution < 1.29 is 4.79 Å². The van der Waals surface area contributed by atoms with Crippen LogP contribution in [-0.2, 0) is 0 Å². The number of nitrogens with one attached hydrogen (secondary N) is 1. The minimum Gasteiger partial charge on any atom is -0.354 e. The normalized spacial score (nSPS) is 10.8. The van der Waals surface area contributed by atoms with Crippen LogP contribution in [0.1, 0.15) is 9.67 Å². The molecular formula is C11H10N4OS3. The number of carbonyl (C=O) groups is 1. The molecule has 0 saturated carbocycles. The van der Waals surface area contributed by atoms with E-state index in [4.69, 9.17) is 0 Å². The Morgan fingerprint density at radius 3 is 2.84 bits per heavy atom. The van der Waals surface area contributed by atoms with Crippen molar-refractivity contribution in [2.75, 3.05) is 24.3 Å². The van der Waals surface area contributed by atoms with Gasteiger partial charge in [-0.3, -0.25) is 10.1 Å². The smallest absolute Gasteiger partial charge is 0.267 e. The van der Waals surface area contributed by atoms with Gasteiger partial charge in [-0.2, -0.15) is 0 Å². The summed E-state index contributed by atoms with van der Waals surface area (Å²) < 4.78 is 1.04. The van der Waals surface area contributed by atoms with Crippen LogP contribution in [0.3, 0.4) is 0 Å². The van der Waals surface area contributed by atoms with Gasteiger partial charge in [0, 0.05) is 25.7 Å². The fourth-order valence-corrected chi connectivity index (χ4v) is 4.02. The average Bonchev–Trinajstić information content (AvgIpc) is 3.01. The van der Waals surface area contributed by atoms with E-state index in [9.17, 15) is 4.79 Å². The Labute approximate surface area is 121 Å². The van der Waals surface area contributed by atoms with Crippen LogP contribution in [0.5, 0.6) is 0 Å². The fourth-order valence-electron chi connectivity index (χ4n) is 1.47. The lowest BCUT2D eigenvalue weighted by molar-refractivity contribution is 0.103. The van der Waals surface area contributed by atoms with Gasteiger partial charge in [0.05, 0.1) is 9.58 Å². The maximum absolute atomic E-state index is 12.0. The van der Waals surface area contributed by atoms with Gasteiger partial charge in [0.1, 0.15) is 4.83 Å². The summed E-state index contributed by atoms with van der Waals surface area (Å²) in [6, 6.07) is 1.88. The van der Waals surface area contributed by atoms with Gasteiger partial charge in [0.25, 0.3) is 5.91 Å². The minimum absolute atomic E-state index is 0.128. The van der Waals surface area contributed by atoms with Gasteiger partial charge in [0.2, 0.25) is 0 Å². The van der Waals surface area contributed by atoms with Gasteiger partial charge in [0.15, 0.2) is 10.3 Å². The summed E-state index contributed by atoms with van der Waals surface area (Å²) >= 11 is 4.39. The highest BCUT2D eigenvalue weighted by atomic mass is 32.1. The zero-order chi connectivity index (χ0) is 13.4. The molecule has 3 heterocycles. The molecule has 3 rings (SSSR count). The van der Waals surface area contributed by atoms with E-state index in [0.717, 1.165) is 14.7 Å². The van der Waals surface area contributed by atoms with Crippen LogP contribution in [0.25, 0.3) is 9.53 Å². The Kier molecular flexibility index (Phi) is 3.21. The molecule has 0 unspecified atom stereocenters. The summed E-state index contributed by atoms with van der Waals surface area (Å²) in [6.07, 6.45) is 1.66. The Bertz CT molecular complexity index is 682. The SMILES string of the molecule is CN(C)c1nc2sc(C(=O)Nc3nccs3)cc2s1. The number of carbonyl (C=O) groups excluding carboxylic acids is 1. The number of anilines is 2. The molecule has 0 aliphatic carbocycles. The summed E-state index contributed by atoms with van der Waals surface area (Å²) in [5.41, 5.74) is 0. The molecule has 0 fully saturated rings. The first-order valence-corrected chi connectivity index (χ1v) is 7.93. The van der Waals surface area contributed by atoms with Gasteiger partial charge in [-0.15, -0.1) is 22.7 Å². The summed E-state index contributed by atoms with van der Waals surface area (Å²) in [6.45, 7) is 0. The predicted octanol–water partition coefficient (Wildman–Crippen LogP) is 3.13. The van der Waals surface area contributed by atoms with Crippen molar-refractivity contribution >= 4 is 59.7 Å². The first-order chi connectivity index (χ1) is 9.13. The third-order valence-electron chi connectivity index (χ3n) is 2.34. The highest BCUT2D eigenvalue weighted by molar-refractivity contribution is 7.29. The largest absolute Gasteiger partial charge is 0.354 e. The van der Waals surface area contributed by atoms with Crippen LogP contribution in [-0.4, -0.2) is 30.0 Å². The van der Waals surface area contributed by atoms with Crippen molar-refractivity contribution in [3.8, 4) is 0 Å². The summed E-state index contributed by atoms with van der Waals surface area (Å²) in [5.74, 6) is -0.128. The van der Waals surface area contributed by atoms with Gasteiger partial charge in [-0.1, -0.05) is 11.3 Å². The van der Waals surface area contributed by atoms with E-state index in [0.29, 0.717) is 10.0 Å². The van der Waals surface area contributed by atoms with E-state index < -0.39 is 0 Å². The van der Waals surface area contributed by atoms with E-state index in [1.807, 2.05) is 30.4 Å². The first kappa shape index (κ1) is 12.5. The monoisotopic (exact) mass is 310 g/mol. The van der Waals surface area contributed by atoms with Crippen LogP contribution >= 0.6 is 34.0 Å². The Morgan fingerprint density at radius 2 is 2.21 bits per heavy atom. The Hall–Kier alpha value is -1.51. The van der Waals surface area contributed by atoms with Crippen LogP contribution in [0.4, 0.5) is 10.3 Å². The fraction of sp³-hybridized carbons (Fsp3) is 0.182. The van der Waals surface area contributed by atoms with Crippen molar-refractivity contribution in [1.29, 1.82) is 0 Å². The van der Waals surface area contributed by atoms with E-state index >= 15 is 0 Å². The van der Waals surface area contributed by atoms with Crippen molar-refractivity contribution in [3.63, 3.8) is 0 Å². The third kappa shape index (κ3) is 2.46. The van der Waals surface area contributed by atoms with Crippen LogP contribution in [0, 0.1) is 0 Å². The number of hydrogen-bond donors (Lipinski definition) is 1. The Balaban J connectivity index is 1.85. The molecular weight excluding hydrogens is 300 g/mol. The van der Waals surface area contributed by atoms with E-state index in [1.165, 1.54) is 22.7 Å². The lowest BCUT2D eigenvalue weighted by Crippen LogP contribution is -2.09. The second-order valence-corrected chi connectivity index (χ2v) is 6.90. The lowest BCUT2D eigenvalue weighted by Gasteiger charge is -2.04. The maximum Gasteiger partial charge on any atom is 0.267 e. The number of amides is 1. The molecule has 0 radical (unpaired) electrons. The number of hydrogen-bond acceptors (Lipinski definition) is 7. The molecule has 0 saturated heterocycles. The second-order valence-electron chi connectivity index (χ2n) is 3.96. The Morgan fingerprint density at radius 1 is 1.37 bits per heavy atom. The van der Waals surface area contributed by atoms with Crippen molar-refractivity contribution in [2.45, 2.75) is 0 Å². The minimum atomic E-state index is -0.128. The highest BCUT2D eigenvalue weighted by Gasteiger charge is 2.15. The molecule has 0 spiro atoms. The predicted molar refractivity (Wildman–Crippen MR) is 81.9 cm³/mol. The molecule has 98 valence electrons. The molecule has 0 aromatic carbocycles. The number of fused-ring (bicyclic) bond motifs is 1. The summed E-state index contributed by atoms with van der Waals surface area (Å²) in [5, 5.41) is 6.17. The third-order valence-corrected chi connectivity index (χ3v) is 5.35. The zero-order valence-corrected chi connectivity index (χ0v) is 12.7. The second kappa shape index (κ2) is 4.87. The number of rotatable bonds is 3. The molecule has 0 aliphatic rings. The number of thiophene rings is 1. The summed E-state index contributed by atoms with van der Waals surface area (Å²) in [4.78, 5) is 24.1. The molecule has 3 aromatic heterocycles. The quantitative estimate of drug-likeness (QED) is 0.807. The van der Waals surface area contributed by atoms with Crippen molar-refractivity contribution in [3.05, 3.63) is 22.5 Å². The van der Waals surface area contributed by atoms with Crippen LogP contribution in [0.2, 0.25) is 0 Å². The standard InChI is InChI=1S/C11H10N4OS3/c1-15(2)11-14-9-7(19-11)5-6(18-9)8(16)13-10-12-3-4-17-10/h3-5H,1-2H3,(H,12,13,16). The molecule has 0 bridgehead atoms. The molecule has 5 nitrogen and oxygen atoms in total. The topological polar surface area (TPSA) is 58.1 Å². The van der Waals surface area contributed by atoms with Crippen molar-refractivity contribution in [1.82, 2.24) is 9.97 Å². The zero-order valence-electron chi connectivity index (χ0n) is 10.2. The maximum atomic E-state index is 12.0. The molecule has 1 N–H and O–H groups in total. The van der Waals surface area contributed by atoms with E-state index in [1.54, 1.807) is 17.5 Å². The first-order valence-electron chi connectivity index (χ1n) is 5.42. The van der Waals surface area contributed by atoms with Gasteiger partial charge in [-0.25, -0.2) is 9.97 Å². The molecule has 3 aromatic rings. The van der Waals surface area contributed by atoms with E-state index in [-0.39, 0.29) is 5.91 Å². The number of thiazole rings is 2.